The molecule has 0 aliphatic carbocycles. The van der Waals surface area contributed by atoms with E-state index in [2.05, 4.69) is 5.32 Å². The highest BCUT2D eigenvalue weighted by Crippen LogP contribution is 2.26. The summed E-state index contributed by atoms with van der Waals surface area (Å²) in [6.45, 7) is 5.95. The average molecular weight is 211 g/mol. The minimum atomic E-state index is -0.975. The van der Waals surface area contributed by atoms with Crippen molar-refractivity contribution in [3.8, 4) is 0 Å². The molecule has 2 nitrogen and oxygen atoms in total. The SMILES string of the molecule is CNc1ccccc1S(=O)C(C)(C)C. The summed E-state index contributed by atoms with van der Waals surface area (Å²) in [4.78, 5) is 0.877. The van der Waals surface area contributed by atoms with Gasteiger partial charge in [0, 0.05) is 11.8 Å². The molecule has 78 valence electrons. The third-order valence-electron chi connectivity index (χ3n) is 1.91. The molecule has 0 heterocycles. The van der Waals surface area contributed by atoms with Crippen LogP contribution < -0.4 is 5.32 Å². The zero-order chi connectivity index (χ0) is 10.8. The first-order valence-corrected chi connectivity index (χ1v) is 5.80. The molecule has 3 heteroatoms. The Bertz CT molecular complexity index is 341. The molecule has 0 fully saturated rings. The molecular formula is C11H17NOS. The molecule has 0 aromatic heterocycles. The van der Waals surface area contributed by atoms with Crippen LogP contribution in [0, 0.1) is 0 Å². The zero-order valence-electron chi connectivity index (χ0n) is 9.13. The first kappa shape index (κ1) is 11.2. The van der Waals surface area contributed by atoms with Gasteiger partial charge in [0.15, 0.2) is 0 Å². The van der Waals surface area contributed by atoms with Crippen molar-refractivity contribution in [2.45, 2.75) is 30.4 Å². The van der Waals surface area contributed by atoms with E-state index in [-0.39, 0.29) is 4.75 Å². The van der Waals surface area contributed by atoms with E-state index < -0.39 is 10.8 Å². The highest BCUT2D eigenvalue weighted by Gasteiger charge is 2.22. The van der Waals surface area contributed by atoms with Crippen LogP contribution in [0.15, 0.2) is 29.2 Å². The number of benzene rings is 1. The van der Waals surface area contributed by atoms with Gasteiger partial charge in [0.25, 0.3) is 0 Å². The number of para-hydroxylation sites is 1. The normalized spacial score (nSPS) is 13.7. The van der Waals surface area contributed by atoms with E-state index >= 15 is 0 Å². The van der Waals surface area contributed by atoms with Crippen molar-refractivity contribution in [2.75, 3.05) is 12.4 Å². The fourth-order valence-corrected chi connectivity index (χ4v) is 2.40. The van der Waals surface area contributed by atoms with E-state index in [0.717, 1.165) is 10.6 Å². The summed E-state index contributed by atoms with van der Waals surface area (Å²) in [5, 5.41) is 3.06. The van der Waals surface area contributed by atoms with Crippen molar-refractivity contribution >= 4 is 16.5 Å². The van der Waals surface area contributed by atoms with Gasteiger partial charge in [-0.05, 0) is 32.9 Å². The number of anilines is 1. The average Bonchev–Trinajstić information content (AvgIpc) is 2.15. The van der Waals surface area contributed by atoms with Crippen LogP contribution in [-0.2, 0) is 10.8 Å². The second-order valence-electron chi connectivity index (χ2n) is 4.13. The Morgan fingerprint density at radius 3 is 2.29 bits per heavy atom. The van der Waals surface area contributed by atoms with Gasteiger partial charge in [-0.3, -0.25) is 4.21 Å². The van der Waals surface area contributed by atoms with Crippen molar-refractivity contribution in [3.05, 3.63) is 24.3 Å². The lowest BCUT2D eigenvalue weighted by Gasteiger charge is -2.19. The monoisotopic (exact) mass is 211 g/mol. The third-order valence-corrected chi connectivity index (χ3v) is 3.78. The molecule has 0 saturated heterocycles. The number of rotatable bonds is 2. The molecule has 0 amide bonds. The van der Waals surface area contributed by atoms with Crippen LogP contribution in [0.4, 0.5) is 5.69 Å². The standard InChI is InChI=1S/C11H17NOS/c1-11(2,3)14(13)10-8-6-5-7-9(10)12-4/h5-8,12H,1-4H3. The van der Waals surface area contributed by atoms with Crippen molar-refractivity contribution in [2.24, 2.45) is 0 Å². The Morgan fingerprint density at radius 2 is 1.79 bits per heavy atom. The van der Waals surface area contributed by atoms with Gasteiger partial charge in [-0.2, -0.15) is 0 Å². The van der Waals surface area contributed by atoms with Crippen LogP contribution in [0.25, 0.3) is 0 Å². The van der Waals surface area contributed by atoms with Crippen molar-refractivity contribution in [3.63, 3.8) is 0 Å². The van der Waals surface area contributed by atoms with Crippen LogP contribution in [0.5, 0.6) is 0 Å². The molecule has 1 rings (SSSR count). The number of nitrogens with one attached hydrogen (secondary N) is 1. The molecule has 1 aromatic carbocycles. The molecule has 0 radical (unpaired) electrons. The predicted molar refractivity (Wildman–Crippen MR) is 62.2 cm³/mol. The van der Waals surface area contributed by atoms with Gasteiger partial charge in [-0.15, -0.1) is 0 Å². The quantitative estimate of drug-likeness (QED) is 0.814. The highest BCUT2D eigenvalue weighted by molar-refractivity contribution is 7.86. The largest absolute Gasteiger partial charge is 0.387 e. The summed E-state index contributed by atoms with van der Waals surface area (Å²) >= 11 is 0. The third kappa shape index (κ3) is 2.35. The zero-order valence-corrected chi connectivity index (χ0v) is 9.94. The van der Waals surface area contributed by atoms with Gasteiger partial charge >= 0.3 is 0 Å². The number of hydrogen-bond acceptors (Lipinski definition) is 2. The fraction of sp³-hybridized carbons (Fsp3) is 0.455. The molecule has 0 bridgehead atoms. The summed E-state index contributed by atoms with van der Waals surface area (Å²) in [6, 6.07) is 7.71. The second-order valence-corrected chi connectivity index (χ2v) is 6.33. The Balaban J connectivity index is 3.13. The molecule has 0 aliphatic rings. The molecule has 0 saturated carbocycles. The first-order chi connectivity index (χ1) is 6.46. The summed E-state index contributed by atoms with van der Waals surface area (Å²) < 4.78 is 11.9. The predicted octanol–water partition coefficient (Wildman–Crippen LogP) is 2.63. The molecule has 1 unspecified atom stereocenters. The van der Waals surface area contributed by atoms with Gasteiger partial charge in [0.05, 0.1) is 21.4 Å². The minimum Gasteiger partial charge on any atom is -0.387 e. The van der Waals surface area contributed by atoms with Gasteiger partial charge < -0.3 is 5.32 Å². The molecular weight excluding hydrogens is 194 g/mol. The van der Waals surface area contributed by atoms with Crippen LogP contribution in [0.2, 0.25) is 0 Å². The molecule has 0 spiro atoms. The van der Waals surface area contributed by atoms with Crippen LogP contribution in [-0.4, -0.2) is 16.0 Å². The van der Waals surface area contributed by atoms with Crippen molar-refractivity contribution in [1.82, 2.24) is 0 Å². The number of hydrogen-bond donors (Lipinski definition) is 1. The van der Waals surface area contributed by atoms with Crippen LogP contribution in [0.3, 0.4) is 0 Å². The minimum absolute atomic E-state index is 0.215. The first-order valence-electron chi connectivity index (χ1n) is 4.65. The van der Waals surface area contributed by atoms with E-state index in [1.807, 2.05) is 52.1 Å². The maximum atomic E-state index is 12.1. The van der Waals surface area contributed by atoms with Crippen molar-refractivity contribution in [1.29, 1.82) is 0 Å². The Morgan fingerprint density at radius 1 is 1.21 bits per heavy atom. The van der Waals surface area contributed by atoms with E-state index in [4.69, 9.17) is 0 Å². The smallest absolute Gasteiger partial charge is 0.0624 e. The summed E-state index contributed by atoms with van der Waals surface area (Å²) in [5.74, 6) is 0. The fourth-order valence-electron chi connectivity index (χ4n) is 1.16. The molecule has 1 aromatic rings. The van der Waals surface area contributed by atoms with Gasteiger partial charge in [0.2, 0.25) is 0 Å². The maximum Gasteiger partial charge on any atom is 0.0624 e. The van der Waals surface area contributed by atoms with Gasteiger partial charge in [0.1, 0.15) is 0 Å². The van der Waals surface area contributed by atoms with E-state index in [1.165, 1.54) is 0 Å². The summed E-state index contributed by atoms with van der Waals surface area (Å²) in [6.07, 6.45) is 0. The van der Waals surface area contributed by atoms with E-state index in [0.29, 0.717) is 0 Å². The Labute approximate surface area is 88.2 Å². The van der Waals surface area contributed by atoms with Crippen LogP contribution in [0.1, 0.15) is 20.8 Å². The van der Waals surface area contributed by atoms with Gasteiger partial charge in [-0.25, -0.2) is 0 Å². The van der Waals surface area contributed by atoms with Gasteiger partial charge in [-0.1, -0.05) is 12.1 Å². The topological polar surface area (TPSA) is 29.1 Å². The molecule has 0 aliphatic heterocycles. The Hall–Kier alpha value is -0.830. The van der Waals surface area contributed by atoms with Crippen LogP contribution >= 0.6 is 0 Å². The lowest BCUT2D eigenvalue weighted by molar-refractivity contribution is 0.649. The Kier molecular flexibility index (Phi) is 3.32. The summed E-state index contributed by atoms with van der Waals surface area (Å²) in [5.41, 5.74) is 0.945. The maximum absolute atomic E-state index is 12.1. The van der Waals surface area contributed by atoms with E-state index in [1.54, 1.807) is 0 Å². The lowest BCUT2D eigenvalue weighted by atomic mass is 10.3. The van der Waals surface area contributed by atoms with E-state index in [9.17, 15) is 4.21 Å². The molecule has 14 heavy (non-hydrogen) atoms. The summed E-state index contributed by atoms with van der Waals surface area (Å²) in [7, 11) is 0.871. The second kappa shape index (κ2) is 4.13. The lowest BCUT2D eigenvalue weighted by Crippen LogP contribution is -2.22. The molecule has 1 atom stereocenters. The highest BCUT2D eigenvalue weighted by atomic mass is 32.2. The molecule has 1 N–H and O–H groups in total. The van der Waals surface area contributed by atoms with Crippen molar-refractivity contribution < 1.29 is 4.21 Å².